The molecule has 0 saturated carbocycles. The zero-order valence-corrected chi connectivity index (χ0v) is 11.0. The van der Waals surface area contributed by atoms with Gasteiger partial charge in [-0.2, -0.15) is 11.3 Å². The number of carboxylic acid groups (broad SMARTS) is 1. The molecule has 0 aliphatic carbocycles. The van der Waals surface area contributed by atoms with Crippen LogP contribution in [0, 0.1) is 0 Å². The van der Waals surface area contributed by atoms with E-state index in [4.69, 9.17) is 4.52 Å². The van der Waals surface area contributed by atoms with Crippen molar-refractivity contribution in [3.63, 3.8) is 0 Å². The van der Waals surface area contributed by atoms with Crippen LogP contribution in [0.2, 0.25) is 0 Å². The van der Waals surface area contributed by atoms with E-state index in [-0.39, 0.29) is 23.0 Å². The van der Waals surface area contributed by atoms with Gasteiger partial charge in [-0.3, -0.25) is 10.1 Å². The van der Waals surface area contributed by atoms with Gasteiger partial charge >= 0.3 is 5.97 Å². The maximum Gasteiger partial charge on any atom is 0.343 e. The molecule has 2 heterocycles. The lowest BCUT2D eigenvalue weighted by Crippen LogP contribution is -2.12. The normalized spacial score (nSPS) is 10.4. The quantitative estimate of drug-likeness (QED) is 0.878. The second kappa shape index (κ2) is 5.66. The Morgan fingerprint density at radius 2 is 2.32 bits per heavy atom. The molecule has 0 bridgehead atoms. The monoisotopic (exact) mass is 280 g/mol. The van der Waals surface area contributed by atoms with E-state index in [0.29, 0.717) is 18.4 Å². The topological polar surface area (TPSA) is 92.4 Å². The van der Waals surface area contributed by atoms with Gasteiger partial charge in [0.2, 0.25) is 11.8 Å². The van der Waals surface area contributed by atoms with Gasteiger partial charge in [0.25, 0.3) is 0 Å². The Hall–Kier alpha value is -2.15. The zero-order chi connectivity index (χ0) is 13.8. The number of carbonyl (C=O) groups is 2. The summed E-state index contributed by atoms with van der Waals surface area (Å²) < 4.78 is 4.94. The summed E-state index contributed by atoms with van der Waals surface area (Å²) in [5.74, 6) is -1.60. The van der Waals surface area contributed by atoms with Crippen LogP contribution in [0.15, 0.2) is 21.3 Å². The third-order valence-electron chi connectivity index (χ3n) is 2.43. The molecule has 0 aromatic carbocycles. The molecule has 0 atom stereocenters. The molecule has 2 aromatic rings. The van der Waals surface area contributed by atoms with Gasteiger partial charge in [-0.25, -0.2) is 4.79 Å². The Balaban J connectivity index is 2.35. The average Bonchev–Trinajstić information content (AvgIpc) is 2.96. The lowest BCUT2D eigenvalue weighted by Gasteiger charge is -2.00. The van der Waals surface area contributed by atoms with Gasteiger partial charge in [0.15, 0.2) is 5.56 Å². The number of anilines is 1. The number of amides is 1. The summed E-state index contributed by atoms with van der Waals surface area (Å²) in [5.41, 5.74) is 0.755. The van der Waals surface area contributed by atoms with Gasteiger partial charge < -0.3 is 9.63 Å². The van der Waals surface area contributed by atoms with Crippen LogP contribution >= 0.6 is 11.3 Å². The lowest BCUT2D eigenvalue weighted by atomic mass is 10.1. The molecular weight excluding hydrogens is 268 g/mol. The second-order valence-electron chi connectivity index (χ2n) is 3.85. The van der Waals surface area contributed by atoms with Gasteiger partial charge in [-0.15, -0.1) is 0 Å². The summed E-state index contributed by atoms with van der Waals surface area (Å²) in [7, 11) is 0. The van der Waals surface area contributed by atoms with Crippen LogP contribution in [0.1, 0.15) is 30.1 Å². The molecule has 0 fully saturated rings. The number of hydrogen-bond acceptors (Lipinski definition) is 5. The third-order valence-corrected chi connectivity index (χ3v) is 3.11. The minimum atomic E-state index is -1.19. The maximum absolute atomic E-state index is 11.5. The van der Waals surface area contributed by atoms with E-state index in [1.165, 1.54) is 11.3 Å². The van der Waals surface area contributed by atoms with Gasteiger partial charge in [-0.1, -0.05) is 12.1 Å². The smallest absolute Gasteiger partial charge is 0.343 e. The van der Waals surface area contributed by atoms with Crippen molar-refractivity contribution in [1.29, 1.82) is 0 Å². The molecule has 0 saturated heterocycles. The second-order valence-corrected chi connectivity index (χ2v) is 4.63. The zero-order valence-electron chi connectivity index (χ0n) is 10.2. The molecule has 2 aromatic heterocycles. The molecular formula is C12H12N2O4S. The van der Waals surface area contributed by atoms with Gasteiger partial charge in [-0.05, 0) is 17.9 Å². The first-order chi connectivity index (χ1) is 9.13. The molecule has 0 radical (unpaired) electrons. The number of nitrogens with one attached hydrogen (secondary N) is 1. The van der Waals surface area contributed by atoms with Crippen molar-refractivity contribution in [2.75, 3.05) is 5.32 Å². The number of hydrogen-bond donors (Lipinski definition) is 2. The first kappa shape index (κ1) is 13.3. The minimum absolute atomic E-state index is 0.118. The Kier molecular flexibility index (Phi) is 3.96. The van der Waals surface area contributed by atoms with E-state index >= 15 is 0 Å². The summed E-state index contributed by atoms with van der Waals surface area (Å²) in [6.07, 6.45) is 0.966. The standard InChI is InChI=1S/C12H12N2O4S/c1-2-3-8(15)13-11-9(12(16)17)10(14-18-11)7-4-5-19-6-7/h4-6H,2-3H2,1H3,(H,13,15)(H,16,17). The fourth-order valence-electron chi connectivity index (χ4n) is 1.59. The van der Waals surface area contributed by atoms with Gasteiger partial charge in [0, 0.05) is 17.4 Å². The average molecular weight is 280 g/mol. The predicted octanol–water partition coefficient (Wildman–Crippen LogP) is 2.84. The Morgan fingerprint density at radius 3 is 2.89 bits per heavy atom. The summed E-state index contributed by atoms with van der Waals surface area (Å²) >= 11 is 1.42. The molecule has 1 amide bonds. The van der Waals surface area contributed by atoms with Crippen LogP contribution in [-0.2, 0) is 4.79 Å². The summed E-state index contributed by atoms with van der Waals surface area (Å²) in [5, 5.41) is 19.0. The Morgan fingerprint density at radius 1 is 1.53 bits per heavy atom. The van der Waals surface area contributed by atoms with E-state index in [9.17, 15) is 14.7 Å². The van der Waals surface area contributed by atoms with Crippen molar-refractivity contribution in [2.45, 2.75) is 19.8 Å². The number of carbonyl (C=O) groups excluding carboxylic acids is 1. The SMILES string of the molecule is CCCC(=O)Nc1onc(-c2ccsc2)c1C(=O)O. The highest BCUT2D eigenvalue weighted by Crippen LogP contribution is 2.30. The highest BCUT2D eigenvalue weighted by atomic mass is 32.1. The summed E-state index contributed by atoms with van der Waals surface area (Å²) in [6, 6.07) is 1.74. The van der Waals surface area contributed by atoms with Crippen molar-refractivity contribution in [3.05, 3.63) is 22.4 Å². The first-order valence-corrected chi connectivity index (χ1v) is 6.63. The molecule has 2 N–H and O–H groups in total. The molecule has 7 heteroatoms. The van der Waals surface area contributed by atoms with Gasteiger partial charge in [0.1, 0.15) is 5.69 Å². The molecule has 6 nitrogen and oxygen atoms in total. The Bertz CT molecular complexity index is 589. The van der Waals surface area contributed by atoms with Crippen molar-refractivity contribution in [2.24, 2.45) is 0 Å². The number of aromatic carboxylic acids is 1. The highest BCUT2D eigenvalue weighted by Gasteiger charge is 2.24. The van der Waals surface area contributed by atoms with Crippen LogP contribution in [0.25, 0.3) is 11.3 Å². The van der Waals surface area contributed by atoms with E-state index in [2.05, 4.69) is 10.5 Å². The van der Waals surface area contributed by atoms with Crippen molar-refractivity contribution in [3.8, 4) is 11.3 Å². The van der Waals surface area contributed by atoms with Gasteiger partial charge in [0.05, 0.1) is 0 Å². The molecule has 0 spiro atoms. The number of nitrogens with zero attached hydrogens (tertiary/aromatic N) is 1. The fourth-order valence-corrected chi connectivity index (χ4v) is 2.23. The van der Waals surface area contributed by atoms with E-state index in [1.54, 1.807) is 11.4 Å². The molecule has 0 unspecified atom stereocenters. The van der Waals surface area contributed by atoms with Crippen molar-refractivity contribution < 1.29 is 19.2 Å². The first-order valence-electron chi connectivity index (χ1n) is 5.68. The fraction of sp³-hybridized carbons (Fsp3) is 0.250. The summed E-state index contributed by atoms with van der Waals surface area (Å²) in [4.78, 5) is 22.8. The van der Waals surface area contributed by atoms with Crippen LogP contribution in [0.5, 0.6) is 0 Å². The molecule has 100 valence electrons. The number of rotatable bonds is 5. The van der Waals surface area contributed by atoms with Crippen LogP contribution < -0.4 is 5.32 Å². The maximum atomic E-state index is 11.5. The summed E-state index contributed by atoms with van der Waals surface area (Å²) in [6.45, 7) is 1.86. The largest absolute Gasteiger partial charge is 0.477 e. The highest BCUT2D eigenvalue weighted by molar-refractivity contribution is 7.08. The van der Waals surface area contributed by atoms with Crippen LogP contribution in [0.4, 0.5) is 5.88 Å². The van der Waals surface area contributed by atoms with Crippen LogP contribution in [-0.4, -0.2) is 22.1 Å². The minimum Gasteiger partial charge on any atom is -0.477 e. The van der Waals surface area contributed by atoms with E-state index in [0.717, 1.165) is 0 Å². The van der Waals surface area contributed by atoms with Crippen molar-refractivity contribution in [1.82, 2.24) is 5.16 Å². The molecule has 19 heavy (non-hydrogen) atoms. The van der Waals surface area contributed by atoms with Crippen molar-refractivity contribution >= 4 is 29.1 Å². The van der Waals surface area contributed by atoms with E-state index in [1.807, 2.05) is 12.3 Å². The molecule has 0 aliphatic rings. The number of carboxylic acids is 1. The molecule has 0 aliphatic heterocycles. The molecule has 2 rings (SSSR count). The predicted molar refractivity (Wildman–Crippen MR) is 70.3 cm³/mol. The van der Waals surface area contributed by atoms with E-state index < -0.39 is 5.97 Å². The third kappa shape index (κ3) is 2.82. The number of thiophene rings is 1. The lowest BCUT2D eigenvalue weighted by molar-refractivity contribution is -0.116. The number of aromatic nitrogens is 1. The van der Waals surface area contributed by atoms with Crippen LogP contribution in [0.3, 0.4) is 0 Å². The Labute approximate surface area is 113 Å².